The fourth-order valence-corrected chi connectivity index (χ4v) is 3.70. The van der Waals surface area contributed by atoms with Crippen LogP contribution in [0.5, 0.6) is 5.75 Å². The number of fused-ring (bicyclic) bond motifs is 1. The first-order chi connectivity index (χ1) is 15.9. The molecule has 0 aliphatic carbocycles. The lowest BCUT2D eigenvalue weighted by molar-refractivity contribution is -0.0623. The highest BCUT2D eigenvalue weighted by Crippen LogP contribution is 2.40. The quantitative estimate of drug-likeness (QED) is 0.244. The van der Waals surface area contributed by atoms with Crippen molar-refractivity contribution >= 4 is 5.94 Å². The number of nitrogens with zero attached hydrogens (tertiary/aromatic N) is 1. The first kappa shape index (κ1) is 26.5. The highest BCUT2D eigenvalue weighted by molar-refractivity contribution is 5.46. The molecule has 1 aliphatic heterocycles. The van der Waals surface area contributed by atoms with E-state index < -0.39 is 17.7 Å². The molecule has 0 saturated heterocycles. The average molecular weight is 457 g/mol. The lowest BCUT2D eigenvalue weighted by atomic mass is 9.86. The van der Waals surface area contributed by atoms with Gasteiger partial charge in [-0.3, -0.25) is 0 Å². The van der Waals surface area contributed by atoms with Crippen molar-refractivity contribution in [2.75, 3.05) is 19.8 Å². The maximum atomic E-state index is 11.0. The summed E-state index contributed by atoms with van der Waals surface area (Å²) in [5.74, 6) is 2.88. The van der Waals surface area contributed by atoms with Crippen LogP contribution in [0.15, 0.2) is 36.2 Å². The number of ether oxygens (including phenoxy) is 3. The molecule has 0 aromatic heterocycles. The number of carbonyl (C=O) groups excluding carboxylic acids is 1. The molecule has 0 fully saturated rings. The molecule has 1 aromatic rings. The molecule has 2 N–H and O–H groups in total. The fraction of sp³-hybridized carbons (Fsp3) is 0.577. The predicted octanol–water partition coefficient (Wildman–Crippen LogP) is 4.34. The van der Waals surface area contributed by atoms with Crippen LogP contribution < -0.4 is 10.1 Å². The van der Waals surface area contributed by atoms with Crippen LogP contribution in [0.3, 0.4) is 0 Å². The maximum absolute atomic E-state index is 11.0. The summed E-state index contributed by atoms with van der Waals surface area (Å²) in [5, 5.41) is 23.5. The zero-order chi connectivity index (χ0) is 24.1. The third kappa shape index (κ3) is 8.25. The minimum Gasteiger partial charge on any atom is -0.494 e. The van der Waals surface area contributed by atoms with E-state index in [2.05, 4.69) is 18.3 Å². The van der Waals surface area contributed by atoms with Gasteiger partial charge in [0, 0.05) is 17.8 Å². The molecule has 7 heteroatoms. The second kappa shape index (κ2) is 13.7. The van der Waals surface area contributed by atoms with E-state index in [-0.39, 0.29) is 13.2 Å². The van der Waals surface area contributed by atoms with Crippen molar-refractivity contribution in [3.05, 3.63) is 47.4 Å². The topological polar surface area (TPSA) is 101 Å². The Kier molecular flexibility index (Phi) is 11.0. The number of nitrogens with one attached hydrogen (secondary N) is 1. The van der Waals surface area contributed by atoms with Gasteiger partial charge in [-0.2, -0.15) is 5.26 Å². The van der Waals surface area contributed by atoms with E-state index in [1.165, 1.54) is 31.8 Å². The zero-order valence-electron chi connectivity index (χ0n) is 19.9. The summed E-state index contributed by atoms with van der Waals surface area (Å²) in [6, 6.07) is 6.81. The molecule has 0 saturated carbocycles. The molecule has 0 radical (unpaired) electrons. The number of benzene rings is 1. The molecule has 0 amide bonds. The van der Waals surface area contributed by atoms with Crippen LogP contribution in [0.2, 0.25) is 0 Å². The Hall–Kier alpha value is -2.78. The molecular formula is C26H36N2O5. The standard InChI is InChI=1S/C26H36N2O5/c1-4-5-6-7-8-9-15-32-21(19-31-14-10-13-29)18-28-24-22-16-20(17-27)11-12-23(22)33-26(2,3)25(24)30/h10-12,16,18,24-25,28,30H,4-9,14-15,19H2,1-3H3/b21-18+/t24-,25+/m0/s1. The Morgan fingerprint density at radius 2 is 2.03 bits per heavy atom. The highest BCUT2D eigenvalue weighted by atomic mass is 16.5. The number of hydrogen-bond acceptors (Lipinski definition) is 7. The van der Waals surface area contributed by atoms with E-state index in [0.717, 1.165) is 12.8 Å². The molecule has 1 aromatic carbocycles. The lowest BCUT2D eigenvalue weighted by Gasteiger charge is -2.42. The Bertz CT molecular complexity index is 868. The van der Waals surface area contributed by atoms with Crippen LogP contribution in [-0.2, 0) is 14.3 Å². The van der Waals surface area contributed by atoms with Gasteiger partial charge in [-0.1, -0.05) is 39.0 Å². The summed E-state index contributed by atoms with van der Waals surface area (Å²) in [6.45, 7) is 6.72. The van der Waals surface area contributed by atoms with Crippen molar-refractivity contribution in [3.8, 4) is 11.8 Å². The van der Waals surface area contributed by atoms with E-state index in [9.17, 15) is 15.2 Å². The second-order valence-corrected chi connectivity index (χ2v) is 8.72. The van der Waals surface area contributed by atoms with Gasteiger partial charge in [0.05, 0.1) is 30.9 Å². The monoisotopic (exact) mass is 456 g/mol. The minimum absolute atomic E-state index is 0.141. The SMILES string of the molecule is CCCCCCCCO/C(=C/N[C@H]1c2cc(C#N)ccc2OC(C)(C)[C@@H]1O)COCC=C=O. The summed E-state index contributed by atoms with van der Waals surface area (Å²) in [7, 11) is 0. The molecule has 180 valence electrons. The molecule has 7 nitrogen and oxygen atoms in total. The first-order valence-corrected chi connectivity index (χ1v) is 11.7. The van der Waals surface area contributed by atoms with E-state index in [1.54, 1.807) is 30.3 Å². The number of unbranched alkanes of at least 4 members (excludes halogenated alkanes) is 5. The van der Waals surface area contributed by atoms with Crippen LogP contribution in [0.25, 0.3) is 0 Å². The van der Waals surface area contributed by atoms with Crippen LogP contribution in [-0.4, -0.2) is 42.6 Å². The Morgan fingerprint density at radius 3 is 2.76 bits per heavy atom. The molecule has 1 heterocycles. The molecule has 0 spiro atoms. The number of rotatable bonds is 14. The van der Waals surface area contributed by atoms with E-state index in [0.29, 0.717) is 29.2 Å². The number of nitriles is 1. The predicted molar refractivity (Wildman–Crippen MR) is 126 cm³/mol. The van der Waals surface area contributed by atoms with E-state index in [4.69, 9.17) is 14.2 Å². The van der Waals surface area contributed by atoms with Gasteiger partial charge in [0.2, 0.25) is 0 Å². The van der Waals surface area contributed by atoms with E-state index in [1.807, 2.05) is 13.8 Å². The van der Waals surface area contributed by atoms with Gasteiger partial charge >= 0.3 is 0 Å². The highest BCUT2D eigenvalue weighted by Gasteiger charge is 2.42. The van der Waals surface area contributed by atoms with Crippen molar-refractivity contribution in [2.45, 2.75) is 77.0 Å². The fourth-order valence-electron chi connectivity index (χ4n) is 3.70. The summed E-state index contributed by atoms with van der Waals surface area (Å²) in [6.07, 6.45) is 9.04. The van der Waals surface area contributed by atoms with Gasteiger partial charge in [0.25, 0.3) is 0 Å². The smallest absolute Gasteiger partial charge is 0.137 e. The lowest BCUT2D eigenvalue weighted by Crippen LogP contribution is -2.51. The van der Waals surface area contributed by atoms with Crippen LogP contribution in [0, 0.1) is 11.3 Å². The normalized spacial score (nSPS) is 18.9. The van der Waals surface area contributed by atoms with Crippen LogP contribution in [0.4, 0.5) is 0 Å². The number of aliphatic hydroxyl groups is 1. The number of hydrogen-bond donors (Lipinski definition) is 2. The molecule has 1 aliphatic rings. The van der Waals surface area contributed by atoms with Crippen molar-refractivity contribution in [1.29, 1.82) is 5.26 Å². The van der Waals surface area contributed by atoms with Gasteiger partial charge in [-0.15, -0.1) is 0 Å². The first-order valence-electron chi connectivity index (χ1n) is 11.7. The van der Waals surface area contributed by atoms with Gasteiger partial charge in [0.1, 0.15) is 35.8 Å². The molecular weight excluding hydrogens is 420 g/mol. The van der Waals surface area contributed by atoms with Gasteiger partial charge < -0.3 is 24.6 Å². The largest absolute Gasteiger partial charge is 0.494 e. The van der Waals surface area contributed by atoms with Gasteiger partial charge in [-0.05, 0) is 38.5 Å². The third-order valence-electron chi connectivity index (χ3n) is 5.61. The average Bonchev–Trinajstić information content (AvgIpc) is 2.80. The van der Waals surface area contributed by atoms with Crippen molar-refractivity contribution in [2.24, 2.45) is 0 Å². The Labute approximate surface area is 197 Å². The summed E-state index contributed by atoms with van der Waals surface area (Å²) >= 11 is 0. The maximum Gasteiger partial charge on any atom is 0.137 e. The molecule has 2 atom stereocenters. The van der Waals surface area contributed by atoms with E-state index >= 15 is 0 Å². The Morgan fingerprint density at radius 1 is 1.27 bits per heavy atom. The molecule has 2 rings (SSSR count). The van der Waals surface area contributed by atoms with Crippen LogP contribution >= 0.6 is 0 Å². The van der Waals surface area contributed by atoms with Gasteiger partial charge in [0.15, 0.2) is 0 Å². The van der Waals surface area contributed by atoms with Crippen LogP contribution in [0.1, 0.15) is 76.5 Å². The second-order valence-electron chi connectivity index (χ2n) is 8.72. The Balaban J connectivity index is 2.10. The molecule has 0 unspecified atom stereocenters. The van der Waals surface area contributed by atoms with Crippen molar-refractivity contribution in [1.82, 2.24) is 5.32 Å². The zero-order valence-corrected chi connectivity index (χ0v) is 19.9. The summed E-state index contributed by atoms with van der Waals surface area (Å²) in [5.41, 5.74) is 0.373. The molecule has 33 heavy (non-hydrogen) atoms. The van der Waals surface area contributed by atoms with Crippen molar-refractivity contribution < 1.29 is 24.1 Å². The minimum atomic E-state index is -0.867. The third-order valence-corrected chi connectivity index (χ3v) is 5.61. The molecule has 0 bridgehead atoms. The van der Waals surface area contributed by atoms with Crippen molar-refractivity contribution in [3.63, 3.8) is 0 Å². The number of aliphatic hydroxyl groups excluding tert-OH is 1. The summed E-state index contributed by atoms with van der Waals surface area (Å²) in [4.78, 5) is 10.4. The summed E-state index contributed by atoms with van der Waals surface area (Å²) < 4.78 is 17.4. The van der Waals surface area contributed by atoms with Gasteiger partial charge in [-0.25, -0.2) is 4.79 Å².